The van der Waals surface area contributed by atoms with Gasteiger partial charge < -0.3 is 4.74 Å². The van der Waals surface area contributed by atoms with Crippen molar-refractivity contribution in [3.8, 4) is 17.2 Å². The van der Waals surface area contributed by atoms with Crippen molar-refractivity contribution < 1.29 is 26.3 Å². The molecule has 31 heavy (non-hydrogen) atoms. The van der Waals surface area contributed by atoms with Gasteiger partial charge in [-0.1, -0.05) is 0 Å². The van der Waals surface area contributed by atoms with Gasteiger partial charge in [0.25, 0.3) is 9.84 Å². The van der Waals surface area contributed by atoms with Crippen LogP contribution in [0.15, 0.2) is 67.8 Å². The minimum atomic E-state index is -5.46. The molecule has 0 fully saturated rings. The monoisotopic (exact) mass is 457 g/mol. The molecule has 0 atom stereocenters. The minimum Gasteiger partial charge on any atom is -0.457 e. The Bertz CT molecular complexity index is 1390. The molecule has 0 unspecified atom stereocenters. The third-order valence-corrected chi connectivity index (χ3v) is 5.67. The Kier molecular flexibility index (Phi) is 5.63. The quantitative estimate of drug-likeness (QED) is 0.624. The maximum atomic E-state index is 12.6. The van der Waals surface area contributed by atoms with Crippen molar-refractivity contribution in [2.45, 2.75) is 23.9 Å². The summed E-state index contributed by atoms with van der Waals surface area (Å²) in [4.78, 5) is 37.1. The van der Waals surface area contributed by atoms with Crippen LogP contribution in [0.1, 0.15) is 6.92 Å². The summed E-state index contributed by atoms with van der Waals surface area (Å²) in [5, 5.41) is 0. The summed E-state index contributed by atoms with van der Waals surface area (Å²) >= 11 is 0. The van der Waals surface area contributed by atoms with Crippen molar-refractivity contribution >= 4 is 9.84 Å². The van der Waals surface area contributed by atoms with Crippen molar-refractivity contribution in [2.75, 3.05) is 0 Å². The molecule has 0 aliphatic carbocycles. The van der Waals surface area contributed by atoms with Gasteiger partial charge in [0, 0.05) is 6.54 Å². The van der Waals surface area contributed by atoms with Crippen LogP contribution in [0, 0.1) is 0 Å². The topological polar surface area (TPSA) is 120 Å². The molecule has 2 aromatic carbocycles. The number of alkyl halides is 3. The largest absolute Gasteiger partial charge is 0.501 e. The third-order valence-electron chi connectivity index (χ3n) is 4.17. The summed E-state index contributed by atoms with van der Waals surface area (Å²) in [7, 11) is -5.46. The standard InChI is InChI=1S/C18H14F3N3O6S/c1-2-23-15(25)22-16(26)24(17(23)27)11-3-5-12(6-4-11)30-13-7-9-14(10-8-13)31(28,29)18(19,20)21/h3-10H,2H2,1H3,(H,22,25,26). The Morgan fingerprint density at radius 2 is 1.42 bits per heavy atom. The van der Waals surface area contributed by atoms with E-state index >= 15 is 0 Å². The Morgan fingerprint density at radius 1 is 0.903 bits per heavy atom. The number of H-pyrrole nitrogens is 1. The molecular formula is C18H14F3N3O6S. The highest BCUT2D eigenvalue weighted by molar-refractivity contribution is 7.92. The summed E-state index contributed by atoms with van der Waals surface area (Å²) in [6.45, 7) is 1.61. The number of nitrogens with zero attached hydrogens (tertiary/aromatic N) is 2. The smallest absolute Gasteiger partial charge is 0.457 e. The van der Waals surface area contributed by atoms with E-state index in [2.05, 4.69) is 0 Å². The Hall–Kier alpha value is -3.61. The highest BCUT2D eigenvalue weighted by Gasteiger charge is 2.46. The van der Waals surface area contributed by atoms with E-state index in [4.69, 9.17) is 4.74 Å². The summed E-state index contributed by atoms with van der Waals surface area (Å²) in [5.74, 6) is 0.256. The average Bonchev–Trinajstić information content (AvgIpc) is 2.69. The predicted molar refractivity (Wildman–Crippen MR) is 102 cm³/mol. The number of hydrogen-bond donors (Lipinski definition) is 1. The van der Waals surface area contributed by atoms with E-state index in [1.54, 1.807) is 6.92 Å². The van der Waals surface area contributed by atoms with Gasteiger partial charge in [-0.15, -0.1) is 0 Å². The van der Waals surface area contributed by atoms with E-state index in [0.29, 0.717) is 0 Å². The summed E-state index contributed by atoms with van der Waals surface area (Å²) < 4.78 is 67.5. The molecule has 1 heterocycles. The van der Waals surface area contributed by atoms with Crippen LogP contribution in [0.3, 0.4) is 0 Å². The Labute approximate surface area is 171 Å². The number of aromatic nitrogens is 3. The number of aromatic amines is 1. The number of halogens is 3. The van der Waals surface area contributed by atoms with Gasteiger partial charge in [-0.05, 0) is 55.5 Å². The summed E-state index contributed by atoms with van der Waals surface area (Å²) in [6, 6.07) is 9.11. The third kappa shape index (κ3) is 4.17. The highest BCUT2D eigenvalue weighted by Crippen LogP contribution is 2.31. The van der Waals surface area contributed by atoms with Crippen molar-refractivity contribution in [1.82, 2.24) is 14.1 Å². The molecule has 1 N–H and O–H groups in total. The van der Waals surface area contributed by atoms with E-state index in [1.165, 1.54) is 24.3 Å². The predicted octanol–water partition coefficient (Wildman–Crippen LogP) is 1.79. The number of ether oxygens (including phenoxy) is 1. The zero-order valence-corrected chi connectivity index (χ0v) is 16.5. The van der Waals surface area contributed by atoms with Crippen LogP contribution in [0.25, 0.3) is 5.69 Å². The molecule has 0 saturated heterocycles. The van der Waals surface area contributed by atoms with E-state index < -0.39 is 37.3 Å². The second-order valence-corrected chi connectivity index (χ2v) is 8.06. The minimum absolute atomic E-state index is 0.0513. The van der Waals surface area contributed by atoms with E-state index in [-0.39, 0.29) is 23.7 Å². The van der Waals surface area contributed by atoms with Crippen LogP contribution >= 0.6 is 0 Å². The number of hydrogen-bond acceptors (Lipinski definition) is 6. The zero-order valence-electron chi connectivity index (χ0n) is 15.7. The molecular weight excluding hydrogens is 443 g/mol. The first-order chi connectivity index (χ1) is 14.5. The SMILES string of the molecule is CCn1c(=O)[nH]c(=O)n(-c2ccc(Oc3ccc(S(=O)(=O)C(F)(F)F)cc3)cc2)c1=O. The Morgan fingerprint density at radius 3 is 1.90 bits per heavy atom. The molecule has 3 aromatic rings. The molecule has 164 valence electrons. The lowest BCUT2D eigenvalue weighted by atomic mass is 10.3. The first-order valence-electron chi connectivity index (χ1n) is 8.61. The van der Waals surface area contributed by atoms with Gasteiger partial charge in [-0.3, -0.25) is 4.98 Å². The van der Waals surface area contributed by atoms with Crippen LogP contribution in [0.2, 0.25) is 0 Å². The van der Waals surface area contributed by atoms with Crippen LogP contribution in [0.5, 0.6) is 11.5 Å². The van der Waals surface area contributed by atoms with Crippen molar-refractivity contribution in [1.29, 1.82) is 0 Å². The van der Waals surface area contributed by atoms with Gasteiger partial charge in [0.1, 0.15) is 11.5 Å². The lowest BCUT2D eigenvalue weighted by Gasteiger charge is -2.10. The van der Waals surface area contributed by atoms with Gasteiger partial charge in [0.15, 0.2) is 0 Å². The van der Waals surface area contributed by atoms with Gasteiger partial charge in [-0.2, -0.15) is 13.2 Å². The molecule has 0 spiro atoms. The van der Waals surface area contributed by atoms with Crippen LogP contribution in [-0.4, -0.2) is 28.0 Å². The van der Waals surface area contributed by atoms with E-state index in [1.807, 2.05) is 4.98 Å². The van der Waals surface area contributed by atoms with Gasteiger partial charge >= 0.3 is 22.6 Å². The molecule has 0 aliphatic heterocycles. The lowest BCUT2D eigenvalue weighted by molar-refractivity contribution is -0.0436. The number of rotatable bonds is 5. The molecule has 0 bridgehead atoms. The average molecular weight is 457 g/mol. The molecule has 3 rings (SSSR count). The van der Waals surface area contributed by atoms with Gasteiger partial charge in [0.2, 0.25) is 0 Å². The molecule has 0 saturated carbocycles. The molecule has 13 heteroatoms. The zero-order chi connectivity index (χ0) is 23.0. The molecule has 0 amide bonds. The first-order valence-corrected chi connectivity index (χ1v) is 10.1. The van der Waals surface area contributed by atoms with Gasteiger partial charge in [0.05, 0.1) is 10.6 Å². The van der Waals surface area contributed by atoms with E-state index in [9.17, 15) is 36.0 Å². The van der Waals surface area contributed by atoms with Gasteiger partial charge in [-0.25, -0.2) is 31.9 Å². The van der Waals surface area contributed by atoms with Crippen LogP contribution < -0.4 is 21.8 Å². The van der Waals surface area contributed by atoms with Crippen LogP contribution in [-0.2, 0) is 16.4 Å². The maximum Gasteiger partial charge on any atom is 0.501 e. The number of benzene rings is 2. The fraction of sp³-hybridized carbons (Fsp3) is 0.167. The summed E-state index contributed by atoms with van der Waals surface area (Å²) in [5.41, 5.74) is -7.85. The van der Waals surface area contributed by atoms with Crippen molar-refractivity contribution in [3.05, 3.63) is 80.0 Å². The van der Waals surface area contributed by atoms with Crippen molar-refractivity contribution in [3.63, 3.8) is 0 Å². The number of nitrogens with one attached hydrogen (secondary N) is 1. The Balaban J connectivity index is 1.87. The van der Waals surface area contributed by atoms with Crippen LogP contribution in [0.4, 0.5) is 13.2 Å². The maximum absolute atomic E-state index is 12.6. The lowest BCUT2D eigenvalue weighted by Crippen LogP contribution is -2.48. The number of sulfone groups is 1. The molecule has 0 aliphatic rings. The second-order valence-electron chi connectivity index (χ2n) is 6.11. The summed E-state index contributed by atoms with van der Waals surface area (Å²) in [6.07, 6.45) is 0. The highest BCUT2D eigenvalue weighted by atomic mass is 32.2. The first kappa shape index (κ1) is 22.1. The molecule has 9 nitrogen and oxygen atoms in total. The molecule has 1 aromatic heterocycles. The normalized spacial score (nSPS) is 12.0. The fourth-order valence-electron chi connectivity index (χ4n) is 2.64. The fourth-order valence-corrected chi connectivity index (χ4v) is 3.40. The molecule has 0 radical (unpaired) electrons. The second kappa shape index (κ2) is 7.91. The van der Waals surface area contributed by atoms with E-state index in [0.717, 1.165) is 33.4 Å². The van der Waals surface area contributed by atoms with Crippen molar-refractivity contribution in [2.24, 2.45) is 0 Å².